The molecule has 1 N–H and O–H groups in total. The minimum atomic E-state index is -1.02. The second-order valence-electron chi connectivity index (χ2n) is 6.99. The molecule has 2 aromatic rings. The molecule has 1 aromatic heterocycles. The molecule has 0 unspecified atom stereocenters. The lowest BCUT2D eigenvalue weighted by atomic mass is 9.91. The molecule has 0 saturated carbocycles. The zero-order valence-corrected chi connectivity index (χ0v) is 15.5. The van der Waals surface area contributed by atoms with Crippen LogP contribution in [0.1, 0.15) is 24.8 Å². The Morgan fingerprint density at radius 1 is 1.26 bits per heavy atom. The minimum Gasteiger partial charge on any atom is -0.481 e. The minimum absolute atomic E-state index is 0.101. The lowest BCUT2D eigenvalue weighted by Crippen LogP contribution is -2.49. The molecule has 1 aliphatic rings. The highest BCUT2D eigenvalue weighted by Crippen LogP contribution is 2.24. The second kappa shape index (κ2) is 8.35. The van der Waals surface area contributed by atoms with Crippen molar-refractivity contribution in [3.63, 3.8) is 0 Å². The molecule has 144 valence electrons. The largest absolute Gasteiger partial charge is 0.481 e. The van der Waals surface area contributed by atoms with Crippen molar-refractivity contribution in [2.24, 2.45) is 0 Å². The number of amides is 1. The molecule has 1 aromatic carbocycles. The number of piperidine rings is 1. The van der Waals surface area contributed by atoms with Crippen molar-refractivity contribution in [1.29, 1.82) is 0 Å². The summed E-state index contributed by atoms with van der Waals surface area (Å²) in [6.45, 7) is 1.14. The number of methoxy groups -OCH3 is 1. The van der Waals surface area contributed by atoms with Crippen LogP contribution in [0.5, 0.6) is 5.88 Å². The summed E-state index contributed by atoms with van der Waals surface area (Å²) in [6.07, 6.45) is 3.43. The Hall–Kier alpha value is -2.67. The van der Waals surface area contributed by atoms with Gasteiger partial charge < -0.3 is 14.7 Å². The van der Waals surface area contributed by atoms with Crippen LogP contribution in [0.25, 0.3) is 0 Å². The van der Waals surface area contributed by atoms with Crippen molar-refractivity contribution in [3.8, 4) is 5.88 Å². The fraction of sp³-hybridized carbons (Fsp3) is 0.450. The van der Waals surface area contributed by atoms with Gasteiger partial charge in [-0.15, -0.1) is 0 Å². The molecule has 0 aliphatic carbocycles. The third-order valence-electron chi connectivity index (χ3n) is 5.05. The molecular formula is C20H25N3O4. The topological polar surface area (TPSA) is 84.7 Å². The summed E-state index contributed by atoms with van der Waals surface area (Å²) in [4.78, 5) is 30.3. The maximum absolute atomic E-state index is 12.4. The van der Waals surface area contributed by atoms with Gasteiger partial charge in [-0.2, -0.15) is 0 Å². The quantitative estimate of drug-likeness (QED) is 0.826. The third-order valence-corrected chi connectivity index (χ3v) is 5.05. The summed E-state index contributed by atoms with van der Waals surface area (Å²) in [5, 5.41) is 10.8. The molecule has 27 heavy (non-hydrogen) atoms. The van der Waals surface area contributed by atoms with Crippen molar-refractivity contribution in [3.05, 3.63) is 58.6 Å². The first-order chi connectivity index (χ1) is 13.0. The van der Waals surface area contributed by atoms with E-state index in [9.17, 15) is 14.7 Å². The lowest BCUT2D eigenvalue weighted by molar-refractivity contribution is -0.135. The van der Waals surface area contributed by atoms with E-state index in [1.165, 1.54) is 24.1 Å². The van der Waals surface area contributed by atoms with Crippen LogP contribution in [-0.4, -0.2) is 51.3 Å². The molecule has 1 fully saturated rings. The van der Waals surface area contributed by atoms with E-state index >= 15 is 0 Å². The van der Waals surface area contributed by atoms with Gasteiger partial charge >= 0.3 is 0 Å². The molecule has 0 atom stereocenters. The number of aliphatic hydroxyl groups is 1. The molecular weight excluding hydrogens is 346 g/mol. The smallest absolute Gasteiger partial charge is 0.257 e. The fourth-order valence-corrected chi connectivity index (χ4v) is 3.34. The number of nitrogens with zero attached hydrogens (tertiary/aromatic N) is 3. The standard InChI is InChI=1S/C20H25N3O4/c1-27-17-13-19(25)23(15-21-17)14-20(26)9-11-22(12-10-20)18(24)8-7-16-5-3-2-4-6-16/h2-6,13,15,26H,7-12,14H2,1H3. The zero-order valence-electron chi connectivity index (χ0n) is 15.5. The number of aryl methyl sites for hydroxylation is 1. The summed E-state index contributed by atoms with van der Waals surface area (Å²) in [6, 6.07) is 11.2. The summed E-state index contributed by atoms with van der Waals surface area (Å²) in [5.41, 5.74) is -0.140. The highest BCUT2D eigenvalue weighted by atomic mass is 16.5. The molecule has 0 radical (unpaired) electrons. The summed E-state index contributed by atoms with van der Waals surface area (Å²) >= 11 is 0. The Morgan fingerprint density at radius 2 is 1.96 bits per heavy atom. The average molecular weight is 371 g/mol. The second-order valence-corrected chi connectivity index (χ2v) is 6.99. The van der Waals surface area contributed by atoms with Crippen molar-refractivity contribution < 1.29 is 14.6 Å². The van der Waals surface area contributed by atoms with Gasteiger partial charge in [0, 0.05) is 19.5 Å². The summed E-state index contributed by atoms with van der Waals surface area (Å²) in [7, 11) is 1.45. The first-order valence-corrected chi connectivity index (χ1v) is 9.14. The van der Waals surface area contributed by atoms with Crippen LogP contribution >= 0.6 is 0 Å². The number of carbonyl (C=O) groups is 1. The molecule has 2 heterocycles. The van der Waals surface area contributed by atoms with Crippen molar-refractivity contribution >= 4 is 5.91 Å². The molecule has 7 nitrogen and oxygen atoms in total. The molecule has 3 rings (SSSR count). The Morgan fingerprint density at radius 3 is 2.59 bits per heavy atom. The van der Waals surface area contributed by atoms with Gasteiger partial charge in [0.05, 0.1) is 25.3 Å². The van der Waals surface area contributed by atoms with Crippen LogP contribution in [0.15, 0.2) is 47.5 Å². The maximum atomic E-state index is 12.4. The number of rotatable bonds is 6. The Balaban J connectivity index is 1.52. The van der Waals surface area contributed by atoms with Crippen LogP contribution in [0.2, 0.25) is 0 Å². The van der Waals surface area contributed by atoms with Gasteiger partial charge in [-0.25, -0.2) is 4.98 Å². The number of benzene rings is 1. The molecule has 1 amide bonds. The van der Waals surface area contributed by atoms with Gasteiger partial charge in [-0.05, 0) is 24.8 Å². The number of hydrogen-bond acceptors (Lipinski definition) is 5. The Bertz CT molecular complexity index is 827. The predicted octanol–water partition coefficient (Wildman–Crippen LogP) is 1.24. The third kappa shape index (κ3) is 4.95. The summed E-state index contributed by atoms with van der Waals surface area (Å²) in [5.74, 6) is 0.353. The van der Waals surface area contributed by atoms with Crippen molar-refractivity contribution in [2.45, 2.75) is 37.8 Å². The Labute approximate surface area is 158 Å². The van der Waals surface area contributed by atoms with Gasteiger partial charge in [0.15, 0.2) is 0 Å². The number of carbonyl (C=O) groups excluding carboxylic acids is 1. The van der Waals surface area contributed by atoms with E-state index in [4.69, 9.17) is 4.74 Å². The van der Waals surface area contributed by atoms with E-state index in [1.807, 2.05) is 30.3 Å². The van der Waals surface area contributed by atoms with Crippen LogP contribution in [0.3, 0.4) is 0 Å². The van der Waals surface area contributed by atoms with E-state index < -0.39 is 5.60 Å². The number of aromatic nitrogens is 2. The first kappa shape index (κ1) is 19.1. The first-order valence-electron chi connectivity index (χ1n) is 9.14. The van der Waals surface area contributed by atoms with E-state index in [2.05, 4.69) is 4.98 Å². The van der Waals surface area contributed by atoms with E-state index in [1.54, 1.807) is 4.90 Å². The number of likely N-dealkylation sites (tertiary alicyclic amines) is 1. The zero-order chi connectivity index (χ0) is 19.3. The molecule has 1 saturated heterocycles. The normalized spacial score (nSPS) is 16.1. The van der Waals surface area contributed by atoms with Crippen molar-refractivity contribution in [2.75, 3.05) is 20.2 Å². The van der Waals surface area contributed by atoms with Crippen LogP contribution < -0.4 is 10.3 Å². The molecule has 7 heteroatoms. The van der Waals surface area contributed by atoms with Gasteiger partial charge in [0.1, 0.15) is 6.33 Å². The van der Waals surface area contributed by atoms with Crippen LogP contribution in [0.4, 0.5) is 0 Å². The highest BCUT2D eigenvalue weighted by molar-refractivity contribution is 5.76. The Kier molecular flexibility index (Phi) is 5.91. The highest BCUT2D eigenvalue weighted by Gasteiger charge is 2.34. The molecule has 1 aliphatic heterocycles. The van der Waals surface area contributed by atoms with E-state index in [0.29, 0.717) is 38.8 Å². The fourth-order valence-electron chi connectivity index (χ4n) is 3.34. The van der Waals surface area contributed by atoms with Gasteiger partial charge in [-0.1, -0.05) is 30.3 Å². The van der Waals surface area contributed by atoms with Crippen LogP contribution in [0, 0.1) is 0 Å². The average Bonchev–Trinajstić information content (AvgIpc) is 2.69. The SMILES string of the molecule is COc1cc(=O)n(CC2(O)CCN(C(=O)CCc3ccccc3)CC2)cn1. The maximum Gasteiger partial charge on any atom is 0.257 e. The number of ether oxygens (including phenoxy) is 1. The van der Waals surface area contributed by atoms with E-state index in [-0.39, 0.29) is 23.9 Å². The van der Waals surface area contributed by atoms with Gasteiger partial charge in [0.2, 0.25) is 11.8 Å². The predicted molar refractivity (Wildman–Crippen MR) is 101 cm³/mol. The van der Waals surface area contributed by atoms with E-state index in [0.717, 1.165) is 5.56 Å². The van der Waals surface area contributed by atoms with Crippen LogP contribution in [-0.2, 0) is 17.8 Å². The number of hydrogen-bond donors (Lipinski definition) is 1. The monoisotopic (exact) mass is 371 g/mol. The van der Waals surface area contributed by atoms with Gasteiger partial charge in [-0.3, -0.25) is 14.2 Å². The van der Waals surface area contributed by atoms with Gasteiger partial charge in [0.25, 0.3) is 5.56 Å². The lowest BCUT2D eigenvalue weighted by Gasteiger charge is -2.38. The molecule has 0 bridgehead atoms. The van der Waals surface area contributed by atoms with Crippen molar-refractivity contribution in [1.82, 2.24) is 14.5 Å². The molecule has 0 spiro atoms. The summed E-state index contributed by atoms with van der Waals surface area (Å²) < 4.78 is 6.31.